The number of nitrogens with two attached hydrogens (primary N) is 1. The summed E-state index contributed by atoms with van der Waals surface area (Å²) in [5.74, 6) is 1.26. The Bertz CT molecular complexity index is 474. The molecule has 3 N–H and O–H groups in total. The molecule has 19 heavy (non-hydrogen) atoms. The number of aryl methyl sites for hydroxylation is 1. The second kappa shape index (κ2) is 5.93. The highest BCUT2D eigenvalue weighted by Gasteiger charge is 2.23. The topological polar surface area (TPSA) is 71.1 Å². The van der Waals surface area contributed by atoms with Crippen LogP contribution in [-0.2, 0) is 6.42 Å². The van der Waals surface area contributed by atoms with Gasteiger partial charge in [-0.1, -0.05) is 22.9 Å². The molecule has 1 aromatic carbocycles. The number of hydrogen-bond acceptors (Lipinski definition) is 4. The van der Waals surface area contributed by atoms with E-state index in [4.69, 9.17) is 15.7 Å². The van der Waals surface area contributed by atoms with Gasteiger partial charge in [-0.05, 0) is 25.6 Å². The van der Waals surface area contributed by atoms with E-state index in [1.807, 2.05) is 13.1 Å². The molecule has 104 valence electrons. The Kier molecular flexibility index (Phi) is 4.27. The molecule has 1 unspecified atom stereocenters. The van der Waals surface area contributed by atoms with Crippen molar-refractivity contribution in [3.63, 3.8) is 0 Å². The van der Waals surface area contributed by atoms with Crippen LogP contribution in [0.25, 0.3) is 0 Å². The standard InChI is InChI=1S/C14H21N3O2/c1-10-3-4-13-11(7-10)8-12(19-13)9-17(2)6-5-14(15)16-18/h3-4,7,12,18H,5-6,8-9H2,1-2H3,(H2,15,16). The van der Waals surface area contributed by atoms with E-state index >= 15 is 0 Å². The monoisotopic (exact) mass is 263 g/mol. The molecule has 1 aromatic rings. The smallest absolute Gasteiger partial charge is 0.140 e. The molecular weight excluding hydrogens is 242 g/mol. The summed E-state index contributed by atoms with van der Waals surface area (Å²) in [4.78, 5) is 2.14. The fourth-order valence-corrected chi connectivity index (χ4v) is 2.35. The number of nitrogens with zero attached hydrogens (tertiary/aromatic N) is 2. The first-order valence-corrected chi connectivity index (χ1v) is 6.49. The minimum atomic E-state index is 0.189. The largest absolute Gasteiger partial charge is 0.488 e. The van der Waals surface area contributed by atoms with Crippen LogP contribution in [0.15, 0.2) is 23.4 Å². The van der Waals surface area contributed by atoms with E-state index in [1.165, 1.54) is 11.1 Å². The van der Waals surface area contributed by atoms with Gasteiger partial charge in [0.25, 0.3) is 0 Å². The number of amidine groups is 1. The number of ether oxygens (including phenoxy) is 1. The molecule has 1 atom stereocenters. The first kappa shape index (κ1) is 13.7. The van der Waals surface area contributed by atoms with Crippen LogP contribution < -0.4 is 10.5 Å². The minimum Gasteiger partial charge on any atom is -0.488 e. The van der Waals surface area contributed by atoms with E-state index in [9.17, 15) is 0 Å². The Labute approximate surface area is 113 Å². The van der Waals surface area contributed by atoms with Gasteiger partial charge in [0, 0.05) is 25.9 Å². The highest BCUT2D eigenvalue weighted by Crippen LogP contribution is 2.29. The van der Waals surface area contributed by atoms with Crippen LogP contribution in [-0.4, -0.2) is 42.2 Å². The zero-order valence-electron chi connectivity index (χ0n) is 11.5. The van der Waals surface area contributed by atoms with Crippen LogP contribution >= 0.6 is 0 Å². The zero-order valence-corrected chi connectivity index (χ0v) is 11.5. The summed E-state index contributed by atoms with van der Waals surface area (Å²) in [6.45, 7) is 3.69. The lowest BCUT2D eigenvalue weighted by molar-refractivity contribution is 0.170. The molecule has 0 amide bonds. The number of oxime groups is 1. The van der Waals surface area contributed by atoms with Crippen LogP contribution in [0.1, 0.15) is 17.5 Å². The van der Waals surface area contributed by atoms with Crippen molar-refractivity contribution in [2.24, 2.45) is 10.9 Å². The molecule has 0 aliphatic carbocycles. The molecule has 1 heterocycles. The van der Waals surface area contributed by atoms with Gasteiger partial charge >= 0.3 is 0 Å². The number of rotatable bonds is 5. The molecule has 0 radical (unpaired) electrons. The lowest BCUT2D eigenvalue weighted by atomic mass is 10.1. The van der Waals surface area contributed by atoms with Gasteiger partial charge in [0.05, 0.1) is 0 Å². The van der Waals surface area contributed by atoms with Crippen LogP contribution in [0, 0.1) is 6.92 Å². The third-order valence-electron chi connectivity index (χ3n) is 3.35. The minimum absolute atomic E-state index is 0.189. The van der Waals surface area contributed by atoms with Crippen molar-refractivity contribution in [1.29, 1.82) is 0 Å². The quantitative estimate of drug-likeness (QED) is 0.364. The molecule has 0 aromatic heterocycles. The first-order valence-electron chi connectivity index (χ1n) is 6.49. The molecule has 0 bridgehead atoms. The maximum Gasteiger partial charge on any atom is 0.140 e. The Morgan fingerprint density at radius 2 is 2.37 bits per heavy atom. The SMILES string of the molecule is Cc1ccc2c(c1)CC(CN(C)CCC(N)=NO)O2. The van der Waals surface area contributed by atoms with Crippen molar-refractivity contribution in [3.8, 4) is 5.75 Å². The number of hydrogen-bond donors (Lipinski definition) is 2. The maximum atomic E-state index is 8.50. The van der Waals surface area contributed by atoms with Crippen molar-refractivity contribution in [3.05, 3.63) is 29.3 Å². The summed E-state index contributed by atoms with van der Waals surface area (Å²) in [5.41, 5.74) is 8.01. The third-order valence-corrected chi connectivity index (χ3v) is 3.35. The van der Waals surface area contributed by atoms with Gasteiger partial charge in [-0.15, -0.1) is 0 Å². The van der Waals surface area contributed by atoms with E-state index in [2.05, 4.69) is 29.1 Å². The average Bonchev–Trinajstić information content (AvgIpc) is 2.77. The molecular formula is C14H21N3O2. The molecule has 0 saturated heterocycles. The second-order valence-electron chi connectivity index (χ2n) is 5.16. The normalized spacial score (nSPS) is 18.5. The molecule has 1 aliphatic rings. The van der Waals surface area contributed by atoms with E-state index in [1.54, 1.807) is 0 Å². The Hall–Kier alpha value is -1.75. The summed E-state index contributed by atoms with van der Waals surface area (Å²) >= 11 is 0. The summed E-state index contributed by atoms with van der Waals surface area (Å²) in [6.07, 6.45) is 1.70. The Morgan fingerprint density at radius 1 is 1.58 bits per heavy atom. The van der Waals surface area contributed by atoms with Crippen molar-refractivity contribution in [2.75, 3.05) is 20.1 Å². The summed E-state index contributed by atoms with van der Waals surface area (Å²) in [5, 5.41) is 11.5. The van der Waals surface area contributed by atoms with Crippen LogP contribution in [0.2, 0.25) is 0 Å². The lowest BCUT2D eigenvalue weighted by Crippen LogP contribution is -2.34. The molecule has 1 aliphatic heterocycles. The Balaban J connectivity index is 1.83. The maximum absolute atomic E-state index is 8.50. The fourth-order valence-electron chi connectivity index (χ4n) is 2.35. The summed E-state index contributed by atoms with van der Waals surface area (Å²) < 4.78 is 5.91. The summed E-state index contributed by atoms with van der Waals surface area (Å²) in [7, 11) is 2.02. The van der Waals surface area contributed by atoms with Crippen LogP contribution in [0.5, 0.6) is 5.75 Å². The van der Waals surface area contributed by atoms with Crippen LogP contribution in [0.3, 0.4) is 0 Å². The van der Waals surface area contributed by atoms with Crippen molar-refractivity contribution in [1.82, 2.24) is 4.90 Å². The molecule has 0 saturated carbocycles. The lowest BCUT2D eigenvalue weighted by Gasteiger charge is -2.20. The highest BCUT2D eigenvalue weighted by molar-refractivity contribution is 5.79. The first-order chi connectivity index (χ1) is 9.08. The van der Waals surface area contributed by atoms with E-state index in [-0.39, 0.29) is 11.9 Å². The predicted octanol–water partition coefficient (Wildman–Crippen LogP) is 1.37. The summed E-state index contributed by atoms with van der Waals surface area (Å²) in [6, 6.07) is 6.30. The van der Waals surface area contributed by atoms with E-state index in [0.29, 0.717) is 6.42 Å². The van der Waals surface area contributed by atoms with E-state index < -0.39 is 0 Å². The fraction of sp³-hybridized carbons (Fsp3) is 0.500. The molecule has 2 rings (SSSR count). The number of likely N-dealkylation sites (N-methyl/N-ethyl adjacent to an activating group) is 1. The van der Waals surface area contributed by atoms with Crippen molar-refractivity contribution < 1.29 is 9.94 Å². The Morgan fingerprint density at radius 3 is 3.11 bits per heavy atom. The average molecular weight is 263 g/mol. The van der Waals surface area contributed by atoms with Gasteiger partial charge in [0.15, 0.2) is 0 Å². The van der Waals surface area contributed by atoms with Crippen molar-refractivity contribution >= 4 is 5.84 Å². The van der Waals surface area contributed by atoms with E-state index in [0.717, 1.165) is 25.3 Å². The number of benzene rings is 1. The number of fused-ring (bicyclic) bond motifs is 1. The molecule has 0 spiro atoms. The third kappa shape index (κ3) is 3.61. The highest BCUT2D eigenvalue weighted by atomic mass is 16.5. The van der Waals surface area contributed by atoms with Crippen LogP contribution in [0.4, 0.5) is 0 Å². The van der Waals surface area contributed by atoms with Gasteiger partial charge in [-0.3, -0.25) is 0 Å². The predicted molar refractivity (Wildman–Crippen MR) is 74.8 cm³/mol. The van der Waals surface area contributed by atoms with Gasteiger partial charge in [-0.25, -0.2) is 0 Å². The van der Waals surface area contributed by atoms with Gasteiger partial charge < -0.3 is 20.6 Å². The molecule has 5 heteroatoms. The van der Waals surface area contributed by atoms with Gasteiger partial charge in [-0.2, -0.15) is 0 Å². The molecule has 5 nitrogen and oxygen atoms in total. The van der Waals surface area contributed by atoms with Crippen molar-refractivity contribution in [2.45, 2.75) is 25.9 Å². The molecule has 0 fully saturated rings. The zero-order chi connectivity index (χ0) is 13.8. The second-order valence-corrected chi connectivity index (χ2v) is 5.16. The van der Waals surface area contributed by atoms with Gasteiger partial charge in [0.2, 0.25) is 0 Å². The van der Waals surface area contributed by atoms with Gasteiger partial charge in [0.1, 0.15) is 17.7 Å².